The van der Waals surface area contributed by atoms with Crippen molar-refractivity contribution < 1.29 is 4.57 Å². The van der Waals surface area contributed by atoms with Crippen LogP contribution < -0.4 is 10.00 Å². The van der Waals surface area contributed by atoms with Gasteiger partial charge in [-0.3, -0.25) is 4.79 Å². The molecule has 1 N–H and O–H groups in total. The number of nitriles is 1. The highest BCUT2D eigenvalue weighted by Gasteiger charge is 2.21. The number of fused-ring (bicyclic) bond motifs is 3. The van der Waals surface area contributed by atoms with Crippen LogP contribution in [0, 0.1) is 11.3 Å². The topological polar surface area (TPSA) is 64.9 Å². The Bertz CT molecular complexity index is 835. The van der Waals surface area contributed by atoms with Gasteiger partial charge in [-0.1, -0.05) is 12.1 Å². The van der Waals surface area contributed by atoms with Crippen LogP contribution in [0.5, 0.6) is 0 Å². The van der Waals surface area contributed by atoms with Gasteiger partial charge in [0.1, 0.15) is 11.6 Å². The SMILES string of the molecule is C[n+]1c2ccccc2n2[nH]cc(C#N)c(=O)c21. The number of nitrogens with one attached hydrogen (secondary N) is 1. The first-order chi connectivity index (χ1) is 8.24. The second-order valence-electron chi connectivity index (χ2n) is 3.83. The number of aromatic nitrogens is 3. The van der Waals surface area contributed by atoms with Crippen LogP contribution in [0.25, 0.3) is 16.7 Å². The number of benzene rings is 1. The van der Waals surface area contributed by atoms with E-state index in [4.69, 9.17) is 5.26 Å². The summed E-state index contributed by atoms with van der Waals surface area (Å²) in [5.41, 5.74) is 2.17. The van der Waals surface area contributed by atoms with Crippen molar-refractivity contribution in [3.05, 3.63) is 46.2 Å². The van der Waals surface area contributed by atoms with Crippen LogP contribution in [0.4, 0.5) is 0 Å². The molecule has 0 radical (unpaired) electrons. The maximum atomic E-state index is 12.1. The van der Waals surface area contributed by atoms with Crippen LogP contribution in [0.1, 0.15) is 5.56 Å². The molecule has 5 heteroatoms. The normalized spacial score (nSPS) is 10.8. The van der Waals surface area contributed by atoms with Gasteiger partial charge in [-0.25, -0.2) is 9.67 Å². The number of aromatic amines is 1. The van der Waals surface area contributed by atoms with Gasteiger partial charge in [-0.05, 0) is 12.1 Å². The Labute approximate surface area is 96.1 Å². The molecule has 3 rings (SSSR count). The summed E-state index contributed by atoms with van der Waals surface area (Å²) in [7, 11) is 1.81. The Morgan fingerprint density at radius 1 is 1.41 bits per heavy atom. The largest absolute Gasteiger partial charge is 0.355 e. The van der Waals surface area contributed by atoms with E-state index in [1.54, 1.807) is 9.08 Å². The number of aryl methyl sites for hydroxylation is 1. The molecule has 0 saturated carbocycles. The number of para-hydroxylation sites is 2. The van der Waals surface area contributed by atoms with Crippen molar-refractivity contribution >= 4 is 16.7 Å². The summed E-state index contributed by atoms with van der Waals surface area (Å²) in [6.07, 6.45) is 1.43. The van der Waals surface area contributed by atoms with E-state index >= 15 is 0 Å². The van der Waals surface area contributed by atoms with E-state index in [1.807, 2.05) is 37.4 Å². The Morgan fingerprint density at radius 3 is 2.94 bits per heavy atom. The van der Waals surface area contributed by atoms with Crippen LogP contribution >= 0.6 is 0 Å². The maximum Gasteiger partial charge on any atom is 0.355 e. The summed E-state index contributed by atoms with van der Waals surface area (Å²) in [5.74, 6) is 0. The van der Waals surface area contributed by atoms with Gasteiger partial charge in [0.05, 0.1) is 13.2 Å². The van der Waals surface area contributed by atoms with Gasteiger partial charge in [0.25, 0.3) is 5.43 Å². The van der Waals surface area contributed by atoms with Crippen molar-refractivity contribution in [1.29, 1.82) is 5.26 Å². The van der Waals surface area contributed by atoms with E-state index in [2.05, 4.69) is 5.10 Å². The molecule has 82 valence electrons. The molecule has 2 aromatic heterocycles. The lowest BCUT2D eigenvalue weighted by atomic mass is 10.3. The number of hydrogen-bond donors (Lipinski definition) is 1. The predicted molar refractivity (Wildman–Crippen MR) is 61.4 cm³/mol. The third kappa shape index (κ3) is 1.12. The first-order valence-corrected chi connectivity index (χ1v) is 5.15. The van der Waals surface area contributed by atoms with Gasteiger partial charge < -0.3 is 0 Å². The zero-order valence-corrected chi connectivity index (χ0v) is 9.14. The van der Waals surface area contributed by atoms with E-state index in [-0.39, 0.29) is 11.0 Å². The molecule has 2 heterocycles. The lowest BCUT2D eigenvalue weighted by Gasteiger charge is -1.88. The molecule has 0 fully saturated rings. The molecule has 0 atom stereocenters. The zero-order chi connectivity index (χ0) is 12.0. The van der Waals surface area contributed by atoms with Crippen LogP contribution in [0.15, 0.2) is 35.3 Å². The quantitative estimate of drug-likeness (QED) is 0.565. The highest BCUT2D eigenvalue weighted by molar-refractivity contribution is 5.75. The van der Waals surface area contributed by atoms with Crippen molar-refractivity contribution in [2.75, 3.05) is 0 Å². The van der Waals surface area contributed by atoms with Crippen molar-refractivity contribution in [2.24, 2.45) is 7.05 Å². The minimum absolute atomic E-state index is 0.121. The number of hydrogen-bond acceptors (Lipinski definition) is 2. The molecule has 0 aliphatic carbocycles. The van der Waals surface area contributed by atoms with Gasteiger partial charge in [0, 0.05) is 0 Å². The molecule has 0 bridgehead atoms. The molecular formula is C12H9N4O+. The summed E-state index contributed by atoms with van der Waals surface area (Å²) in [5, 5.41) is 11.8. The van der Waals surface area contributed by atoms with Crippen molar-refractivity contribution in [2.45, 2.75) is 0 Å². The Kier molecular flexibility index (Phi) is 1.80. The maximum absolute atomic E-state index is 12.1. The molecule has 0 unspecified atom stereocenters. The minimum atomic E-state index is -0.259. The average molecular weight is 225 g/mol. The lowest BCUT2D eigenvalue weighted by molar-refractivity contribution is -0.619. The first-order valence-electron chi connectivity index (χ1n) is 5.15. The summed E-state index contributed by atoms with van der Waals surface area (Å²) < 4.78 is 3.48. The molecule has 0 spiro atoms. The van der Waals surface area contributed by atoms with Crippen molar-refractivity contribution in [3.8, 4) is 6.07 Å². The summed E-state index contributed by atoms with van der Waals surface area (Å²) in [4.78, 5) is 12.1. The minimum Gasteiger partial charge on any atom is -0.279 e. The first kappa shape index (κ1) is 9.60. The van der Waals surface area contributed by atoms with Crippen LogP contribution in [0.2, 0.25) is 0 Å². The summed E-state index contributed by atoms with van der Waals surface area (Å²) >= 11 is 0. The van der Waals surface area contributed by atoms with E-state index < -0.39 is 0 Å². The Hall–Kier alpha value is -2.61. The molecule has 5 nitrogen and oxygen atoms in total. The second-order valence-corrected chi connectivity index (χ2v) is 3.83. The van der Waals surface area contributed by atoms with E-state index in [9.17, 15) is 4.79 Å². The van der Waals surface area contributed by atoms with Crippen LogP contribution in [-0.4, -0.2) is 9.61 Å². The molecule has 0 amide bonds. The summed E-state index contributed by atoms with van der Waals surface area (Å²) in [6, 6.07) is 9.56. The number of imidazole rings is 1. The molecule has 1 aromatic carbocycles. The number of nitrogens with zero attached hydrogens (tertiary/aromatic N) is 3. The number of rotatable bonds is 0. The van der Waals surface area contributed by atoms with Gasteiger partial charge >= 0.3 is 5.65 Å². The standard InChI is InChI=1S/C12H8N4O/c1-15-9-4-2-3-5-10(9)16-12(15)11(17)8(6-13)7-14-16/h2-5,7H,1H3/p+1. The van der Waals surface area contributed by atoms with Gasteiger partial charge in [-0.2, -0.15) is 5.26 Å². The average Bonchev–Trinajstić information content (AvgIpc) is 2.65. The zero-order valence-electron chi connectivity index (χ0n) is 9.14. The smallest absolute Gasteiger partial charge is 0.279 e. The lowest BCUT2D eigenvalue weighted by Crippen LogP contribution is -2.33. The van der Waals surface area contributed by atoms with Crippen LogP contribution in [-0.2, 0) is 7.05 Å². The molecular weight excluding hydrogens is 216 g/mol. The van der Waals surface area contributed by atoms with Gasteiger partial charge in [-0.15, -0.1) is 4.52 Å². The monoisotopic (exact) mass is 225 g/mol. The van der Waals surface area contributed by atoms with Crippen molar-refractivity contribution in [3.63, 3.8) is 0 Å². The highest BCUT2D eigenvalue weighted by Crippen LogP contribution is 2.10. The fourth-order valence-corrected chi connectivity index (χ4v) is 2.10. The highest BCUT2D eigenvalue weighted by atomic mass is 16.1. The summed E-state index contributed by atoms with van der Waals surface area (Å²) in [6.45, 7) is 0. The fraction of sp³-hybridized carbons (Fsp3) is 0.0833. The fourth-order valence-electron chi connectivity index (χ4n) is 2.10. The molecule has 3 aromatic rings. The predicted octanol–water partition coefficient (Wildman–Crippen LogP) is 0.477. The van der Waals surface area contributed by atoms with E-state index in [1.165, 1.54) is 6.20 Å². The van der Waals surface area contributed by atoms with E-state index in [0.717, 1.165) is 11.0 Å². The number of H-pyrrole nitrogens is 1. The van der Waals surface area contributed by atoms with Crippen molar-refractivity contribution in [1.82, 2.24) is 9.61 Å². The molecule has 0 saturated heterocycles. The Morgan fingerprint density at radius 2 is 2.18 bits per heavy atom. The van der Waals surface area contributed by atoms with E-state index in [0.29, 0.717) is 5.65 Å². The molecule has 0 aliphatic rings. The molecule has 17 heavy (non-hydrogen) atoms. The Balaban J connectivity index is 2.68. The van der Waals surface area contributed by atoms with Crippen LogP contribution in [0.3, 0.4) is 0 Å². The third-order valence-electron chi connectivity index (χ3n) is 2.92. The third-order valence-corrected chi connectivity index (χ3v) is 2.92. The second kappa shape index (κ2) is 3.19. The van der Waals surface area contributed by atoms with Gasteiger partial charge in [0.2, 0.25) is 5.52 Å². The van der Waals surface area contributed by atoms with Gasteiger partial charge in [0.15, 0.2) is 5.52 Å². The molecule has 0 aliphatic heterocycles.